The Hall–Kier alpha value is -1.55. The Bertz CT molecular complexity index is 447. The summed E-state index contributed by atoms with van der Waals surface area (Å²) in [4.78, 5) is 13.3. The van der Waals surface area contributed by atoms with Gasteiger partial charge < -0.3 is 14.7 Å². The van der Waals surface area contributed by atoms with Crippen molar-refractivity contribution in [3.8, 4) is 5.75 Å². The van der Waals surface area contributed by atoms with Gasteiger partial charge in [0.05, 0.1) is 12.2 Å². The molecule has 0 bridgehead atoms. The number of nitrogens with zero attached hydrogens (tertiary/aromatic N) is 1. The van der Waals surface area contributed by atoms with Crippen LogP contribution in [0.3, 0.4) is 0 Å². The van der Waals surface area contributed by atoms with Gasteiger partial charge in [-0.05, 0) is 49.9 Å². The smallest absolute Gasteiger partial charge is 0.335 e. The number of aromatic carboxylic acids is 1. The van der Waals surface area contributed by atoms with E-state index in [1.54, 1.807) is 24.3 Å². The second-order valence-corrected chi connectivity index (χ2v) is 5.58. The lowest BCUT2D eigenvalue weighted by molar-refractivity contribution is 0.0696. The van der Waals surface area contributed by atoms with Crippen LogP contribution in [0.25, 0.3) is 0 Å². The van der Waals surface area contributed by atoms with E-state index in [-0.39, 0.29) is 5.56 Å². The van der Waals surface area contributed by atoms with Crippen molar-refractivity contribution in [3.63, 3.8) is 0 Å². The summed E-state index contributed by atoms with van der Waals surface area (Å²) < 4.78 is 5.62. The van der Waals surface area contributed by atoms with E-state index in [1.165, 1.54) is 25.9 Å². The predicted molar refractivity (Wildman–Crippen MR) is 78.4 cm³/mol. The van der Waals surface area contributed by atoms with Crippen molar-refractivity contribution in [1.82, 2.24) is 4.90 Å². The third kappa shape index (κ3) is 4.53. The number of rotatable bonds is 6. The Morgan fingerprint density at radius 1 is 1.50 bits per heavy atom. The van der Waals surface area contributed by atoms with Crippen molar-refractivity contribution < 1.29 is 14.6 Å². The van der Waals surface area contributed by atoms with Gasteiger partial charge in [0.2, 0.25) is 0 Å². The lowest BCUT2D eigenvalue weighted by atomic mass is 10.0. The van der Waals surface area contributed by atoms with Crippen LogP contribution in [-0.4, -0.2) is 42.2 Å². The van der Waals surface area contributed by atoms with E-state index < -0.39 is 5.97 Å². The minimum atomic E-state index is -0.919. The molecule has 1 aromatic carbocycles. The number of likely N-dealkylation sites (tertiary alicyclic amines) is 1. The van der Waals surface area contributed by atoms with E-state index in [2.05, 4.69) is 11.8 Å². The molecule has 20 heavy (non-hydrogen) atoms. The van der Waals surface area contributed by atoms with Crippen LogP contribution in [0.15, 0.2) is 24.3 Å². The maximum absolute atomic E-state index is 10.9. The topological polar surface area (TPSA) is 49.8 Å². The van der Waals surface area contributed by atoms with Crippen molar-refractivity contribution in [3.05, 3.63) is 29.8 Å². The highest BCUT2D eigenvalue weighted by atomic mass is 16.5. The number of carboxylic acid groups (broad SMARTS) is 1. The zero-order valence-corrected chi connectivity index (χ0v) is 12.0. The first-order valence-electron chi connectivity index (χ1n) is 7.33. The third-order valence-corrected chi connectivity index (χ3v) is 3.71. The number of ether oxygens (including phenoxy) is 1. The van der Waals surface area contributed by atoms with E-state index in [9.17, 15) is 4.79 Å². The first kappa shape index (κ1) is 14.9. The molecule has 4 nitrogen and oxygen atoms in total. The Labute approximate surface area is 120 Å². The maximum Gasteiger partial charge on any atom is 0.335 e. The van der Waals surface area contributed by atoms with Crippen LogP contribution in [-0.2, 0) is 0 Å². The van der Waals surface area contributed by atoms with Crippen molar-refractivity contribution in [1.29, 1.82) is 0 Å². The number of hydrogen-bond acceptors (Lipinski definition) is 3. The Morgan fingerprint density at radius 2 is 2.35 bits per heavy atom. The zero-order valence-electron chi connectivity index (χ0n) is 12.0. The van der Waals surface area contributed by atoms with Crippen molar-refractivity contribution in [2.45, 2.75) is 26.2 Å². The summed E-state index contributed by atoms with van der Waals surface area (Å²) in [5.41, 5.74) is 0.271. The first-order chi connectivity index (χ1) is 9.65. The average molecular weight is 277 g/mol. The van der Waals surface area contributed by atoms with Gasteiger partial charge in [-0.2, -0.15) is 0 Å². The fraction of sp³-hybridized carbons (Fsp3) is 0.562. The molecule has 4 heteroatoms. The summed E-state index contributed by atoms with van der Waals surface area (Å²) in [7, 11) is 0. The summed E-state index contributed by atoms with van der Waals surface area (Å²) in [5.74, 6) is 0.520. The normalized spacial score (nSPS) is 19.8. The van der Waals surface area contributed by atoms with Crippen molar-refractivity contribution >= 4 is 5.97 Å². The van der Waals surface area contributed by atoms with Gasteiger partial charge in [0.25, 0.3) is 0 Å². The van der Waals surface area contributed by atoms with Crippen LogP contribution >= 0.6 is 0 Å². The van der Waals surface area contributed by atoms with Crippen LogP contribution in [0, 0.1) is 5.92 Å². The molecule has 0 unspecified atom stereocenters. The number of carbonyl (C=O) groups is 1. The predicted octanol–water partition coefficient (Wildman–Crippen LogP) is 2.89. The fourth-order valence-corrected chi connectivity index (χ4v) is 2.69. The standard InChI is InChI=1S/C16H23NO3/c1-13-5-3-8-17(12-13)9-4-10-20-15-7-2-6-14(11-15)16(18)19/h2,6-7,11,13H,3-5,8-10,12H2,1H3,(H,18,19)/t13-/m0/s1. The number of carboxylic acids is 1. The molecule has 1 atom stereocenters. The van der Waals surface area contributed by atoms with Gasteiger partial charge in [-0.25, -0.2) is 4.79 Å². The van der Waals surface area contributed by atoms with Crippen molar-refractivity contribution in [2.24, 2.45) is 5.92 Å². The molecule has 1 heterocycles. The molecule has 110 valence electrons. The maximum atomic E-state index is 10.9. The number of benzene rings is 1. The molecule has 0 radical (unpaired) electrons. The van der Waals surface area contributed by atoms with Crippen molar-refractivity contribution in [2.75, 3.05) is 26.2 Å². The van der Waals surface area contributed by atoms with Gasteiger partial charge in [0, 0.05) is 13.1 Å². The van der Waals surface area contributed by atoms with Gasteiger partial charge in [-0.3, -0.25) is 0 Å². The third-order valence-electron chi connectivity index (χ3n) is 3.71. The Balaban J connectivity index is 1.70. The minimum Gasteiger partial charge on any atom is -0.494 e. The largest absolute Gasteiger partial charge is 0.494 e. The van der Waals surface area contributed by atoms with E-state index in [1.807, 2.05) is 0 Å². The molecule has 0 saturated carbocycles. The van der Waals surface area contributed by atoms with Crippen LogP contribution in [0.5, 0.6) is 5.75 Å². The molecule has 0 aliphatic carbocycles. The summed E-state index contributed by atoms with van der Waals surface area (Å²) >= 11 is 0. The van der Waals surface area contributed by atoms with Gasteiger partial charge in [0.15, 0.2) is 0 Å². The molecule has 0 spiro atoms. The molecule has 1 aliphatic rings. The van der Waals surface area contributed by atoms with Crippen LogP contribution in [0.2, 0.25) is 0 Å². The van der Waals surface area contributed by atoms with E-state index in [0.29, 0.717) is 12.4 Å². The summed E-state index contributed by atoms with van der Waals surface area (Å²) in [5, 5.41) is 8.91. The van der Waals surface area contributed by atoms with Gasteiger partial charge >= 0.3 is 5.97 Å². The molecular formula is C16H23NO3. The molecule has 2 rings (SSSR count). The Morgan fingerprint density at radius 3 is 3.10 bits per heavy atom. The van der Waals surface area contributed by atoms with E-state index >= 15 is 0 Å². The highest BCUT2D eigenvalue weighted by Crippen LogP contribution is 2.16. The SMILES string of the molecule is C[C@H]1CCCN(CCCOc2cccc(C(=O)O)c2)C1. The van der Waals surface area contributed by atoms with Gasteiger partial charge in [-0.1, -0.05) is 13.0 Å². The molecule has 1 aliphatic heterocycles. The Kier molecular flexibility index (Phi) is 5.41. The van der Waals surface area contributed by atoms with Crippen LogP contribution in [0.1, 0.15) is 36.5 Å². The monoisotopic (exact) mass is 277 g/mol. The molecule has 0 aromatic heterocycles. The molecule has 1 aromatic rings. The van der Waals surface area contributed by atoms with Gasteiger partial charge in [-0.15, -0.1) is 0 Å². The molecule has 1 N–H and O–H groups in total. The van der Waals surface area contributed by atoms with E-state index in [0.717, 1.165) is 18.9 Å². The average Bonchev–Trinajstić information content (AvgIpc) is 2.44. The zero-order chi connectivity index (χ0) is 14.4. The van der Waals surface area contributed by atoms with Crippen LogP contribution < -0.4 is 4.74 Å². The molecule has 0 amide bonds. The van der Waals surface area contributed by atoms with E-state index in [4.69, 9.17) is 9.84 Å². The highest BCUT2D eigenvalue weighted by Gasteiger charge is 2.15. The van der Waals surface area contributed by atoms with Crippen LogP contribution in [0.4, 0.5) is 0 Å². The first-order valence-corrected chi connectivity index (χ1v) is 7.33. The number of piperidine rings is 1. The van der Waals surface area contributed by atoms with Gasteiger partial charge in [0.1, 0.15) is 5.75 Å². The molecular weight excluding hydrogens is 254 g/mol. The summed E-state index contributed by atoms with van der Waals surface area (Å²) in [6, 6.07) is 6.66. The second-order valence-electron chi connectivity index (χ2n) is 5.58. The quantitative estimate of drug-likeness (QED) is 0.812. The minimum absolute atomic E-state index is 0.271. The summed E-state index contributed by atoms with van der Waals surface area (Å²) in [6.07, 6.45) is 3.61. The lowest BCUT2D eigenvalue weighted by Gasteiger charge is -2.30. The highest BCUT2D eigenvalue weighted by molar-refractivity contribution is 5.87. The lowest BCUT2D eigenvalue weighted by Crippen LogP contribution is -2.35. The number of hydrogen-bond donors (Lipinski definition) is 1. The molecule has 1 saturated heterocycles. The fourth-order valence-electron chi connectivity index (χ4n) is 2.69. The molecule has 1 fully saturated rings. The summed E-state index contributed by atoms with van der Waals surface area (Å²) in [6.45, 7) is 6.38. The second kappa shape index (κ2) is 7.29.